The average Bonchev–Trinajstić information content (AvgIpc) is 3.20. The standard InChI is InChI=1S/C22H16ClN3O4/c1-30-18-10-8-15(9-11-18)25-12-2-3-17(25)13-19-20(27)24-22(29)26(21(19)28)16-6-4-14(23)5-7-16/h2-13H,1H3,(H,24,27,29)/b19-13+. The van der Waals surface area contributed by atoms with Crippen LogP contribution in [0.5, 0.6) is 5.75 Å². The molecular formula is C22H16ClN3O4. The number of methoxy groups -OCH3 is 1. The Morgan fingerprint density at radius 2 is 1.60 bits per heavy atom. The van der Waals surface area contributed by atoms with E-state index >= 15 is 0 Å². The third-order valence-electron chi connectivity index (χ3n) is 4.61. The molecule has 2 aromatic carbocycles. The van der Waals surface area contributed by atoms with Crippen LogP contribution in [-0.2, 0) is 9.59 Å². The van der Waals surface area contributed by atoms with E-state index in [1.165, 1.54) is 18.2 Å². The van der Waals surface area contributed by atoms with Crippen molar-refractivity contribution in [1.29, 1.82) is 0 Å². The molecule has 8 heteroatoms. The Bertz CT molecular complexity index is 1160. The lowest BCUT2D eigenvalue weighted by molar-refractivity contribution is -0.122. The Labute approximate surface area is 177 Å². The molecule has 1 fully saturated rings. The Kier molecular flexibility index (Phi) is 5.12. The van der Waals surface area contributed by atoms with Gasteiger partial charge in [0.2, 0.25) is 0 Å². The minimum atomic E-state index is -0.810. The highest BCUT2D eigenvalue weighted by Crippen LogP contribution is 2.24. The van der Waals surface area contributed by atoms with Crippen molar-refractivity contribution < 1.29 is 19.1 Å². The van der Waals surface area contributed by atoms with E-state index in [-0.39, 0.29) is 5.57 Å². The topological polar surface area (TPSA) is 80.6 Å². The Morgan fingerprint density at radius 3 is 2.27 bits per heavy atom. The SMILES string of the molecule is COc1ccc(-n2cccc2/C=C2\C(=O)NC(=O)N(c3ccc(Cl)cc3)C2=O)cc1. The molecule has 0 aliphatic carbocycles. The number of amides is 4. The highest BCUT2D eigenvalue weighted by Gasteiger charge is 2.37. The van der Waals surface area contributed by atoms with Crippen molar-refractivity contribution in [3.05, 3.63) is 83.2 Å². The summed E-state index contributed by atoms with van der Waals surface area (Å²) in [5.74, 6) is -0.754. The Hall–Kier alpha value is -3.84. The summed E-state index contributed by atoms with van der Waals surface area (Å²) in [6.45, 7) is 0. The van der Waals surface area contributed by atoms with Gasteiger partial charge in [-0.1, -0.05) is 11.6 Å². The molecule has 1 aliphatic rings. The first kappa shape index (κ1) is 19.5. The summed E-state index contributed by atoms with van der Waals surface area (Å²) in [6.07, 6.45) is 3.26. The van der Waals surface area contributed by atoms with Gasteiger partial charge in [-0.2, -0.15) is 0 Å². The zero-order valence-electron chi connectivity index (χ0n) is 15.8. The molecule has 4 amide bonds. The first-order valence-electron chi connectivity index (χ1n) is 8.97. The summed E-state index contributed by atoms with van der Waals surface area (Å²) in [7, 11) is 1.58. The smallest absolute Gasteiger partial charge is 0.335 e. The number of hydrogen-bond acceptors (Lipinski definition) is 4. The number of nitrogens with zero attached hydrogens (tertiary/aromatic N) is 2. The van der Waals surface area contributed by atoms with Crippen LogP contribution in [0.4, 0.5) is 10.5 Å². The number of anilines is 1. The molecule has 0 unspecified atom stereocenters. The number of carbonyl (C=O) groups excluding carboxylic acids is 3. The molecule has 1 aliphatic heterocycles. The first-order chi connectivity index (χ1) is 14.5. The summed E-state index contributed by atoms with van der Waals surface area (Å²) in [5, 5.41) is 2.68. The quantitative estimate of drug-likeness (QED) is 0.513. The van der Waals surface area contributed by atoms with Crippen molar-refractivity contribution in [2.45, 2.75) is 0 Å². The minimum Gasteiger partial charge on any atom is -0.497 e. The van der Waals surface area contributed by atoms with Gasteiger partial charge in [0.05, 0.1) is 12.8 Å². The molecule has 0 bridgehead atoms. The van der Waals surface area contributed by atoms with E-state index in [2.05, 4.69) is 5.32 Å². The number of ether oxygens (including phenoxy) is 1. The third-order valence-corrected chi connectivity index (χ3v) is 4.86. The number of aromatic nitrogens is 1. The van der Waals surface area contributed by atoms with Gasteiger partial charge >= 0.3 is 6.03 Å². The molecule has 30 heavy (non-hydrogen) atoms. The van der Waals surface area contributed by atoms with Gasteiger partial charge in [0.25, 0.3) is 11.8 Å². The van der Waals surface area contributed by atoms with Crippen molar-refractivity contribution >= 4 is 41.2 Å². The molecule has 4 rings (SSSR count). The summed E-state index contributed by atoms with van der Waals surface area (Å²) >= 11 is 5.88. The predicted molar refractivity (Wildman–Crippen MR) is 113 cm³/mol. The average molecular weight is 422 g/mol. The van der Waals surface area contributed by atoms with Gasteiger partial charge in [0, 0.05) is 22.6 Å². The monoisotopic (exact) mass is 421 g/mol. The van der Waals surface area contributed by atoms with E-state index < -0.39 is 17.8 Å². The summed E-state index contributed by atoms with van der Waals surface area (Å²) in [6, 6.07) is 16.3. The fraction of sp³-hybridized carbons (Fsp3) is 0.0455. The first-order valence-corrected chi connectivity index (χ1v) is 9.34. The van der Waals surface area contributed by atoms with E-state index in [9.17, 15) is 14.4 Å². The lowest BCUT2D eigenvalue weighted by atomic mass is 10.1. The van der Waals surface area contributed by atoms with Crippen LogP contribution in [-0.4, -0.2) is 29.5 Å². The number of imide groups is 2. The Morgan fingerprint density at radius 1 is 0.933 bits per heavy atom. The number of benzene rings is 2. The van der Waals surface area contributed by atoms with E-state index in [0.717, 1.165) is 10.6 Å². The normalized spacial score (nSPS) is 15.5. The fourth-order valence-electron chi connectivity index (χ4n) is 3.12. The van der Waals surface area contributed by atoms with Crippen LogP contribution >= 0.6 is 11.6 Å². The number of halogens is 1. The largest absolute Gasteiger partial charge is 0.497 e. The van der Waals surface area contributed by atoms with Crippen LogP contribution in [0.2, 0.25) is 5.02 Å². The number of urea groups is 1. The van der Waals surface area contributed by atoms with Crippen molar-refractivity contribution in [2.75, 3.05) is 12.0 Å². The number of nitrogens with one attached hydrogen (secondary N) is 1. The van der Waals surface area contributed by atoms with Crippen LogP contribution in [0, 0.1) is 0 Å². The molecule has 1 N–H and O–H groups in total. The molecule has 0 radical (unpaired) electrons. The Balaban J connectivity index is 1.71. The maximum absolute atomic E-state index is 13.0. The molecular weight excluding hydrogens is 406 g/mol. The van der Waals surface area contributed by atoms with E-state index in [4.69, 9.17) is 16.3 Å². The van der Waals surface area contributed by atoms with Crippen LogP contribution in [0.1, 0.15) is 5.69 Å². The number of rotatable bonds is 4. The van der Waals surface area contributed by atoms with E-state index in [1.54, 1.807) is 31.4 Å². The van der Waals surface area contributed by atoms with Crippen LogP contribution in [0.3, 0.4) is 0 Å². The summed E-state index contributed by atoms with van der Waals surface area (Å²) < 4.78 is 6.99. The molecule has 7 nitrogen and oxygen atoms in total. The van der Waals surface area contributed by atoms with Crippen molar-refractivity contribution in [1.82, 2.24) is 9.88 Å². The lowest BCUT2D eigenvalue weighted by Crippen LogP contribution is -2.54. The molecule has 1 aromatic heterocycles. The second-order valence-electron chi connectivity index (χ2n) is 6.44. The molecule has 2 heterocycles. The van der Waals surface area contributed by atoms with Gasteiger partial charge in [-0.15, -0.1) is 0 Å². The minimum absolute atomic E-state index is 0.155. The molecule has 3 aromatic rings. The summed E-state index contributed by atoms with van der Waals surface area (Å²) in [5.41, 5.74) is 1.58. The van der Waals surface area contributed by atoms with Gasteiger partial charge in [0.1, 0.15) is 11.3 Å². The maximum atomic E-state index is 13.0. The lowest BCUT2D eigenvalue weighted by Gasteiger charge is -2.26. The highest BCUT2D eigenvalue weighted by atomic mass is 35.5. The van der Waals surface area contributed by atoms with Crippen LogP contribution < -0.4 is 15.0 Å². The van der Waals surface area contributed by atoms with Crippen molar-refractivity contribution in [3.8, 4) is 11.4 Å². The van der Waals surface area contributed by atoms with Gasteiger partial charge in [0.15, 0.2) is 0 Å². The van der Waals surface area contributed by atoms with E-state index in [0.29, 0.717) is 22.2 Å². The van der Waals surface area contributed by atoms with Crippen molar-refractivity contribution in [2.24, 2.45) is 0 Å². The molecule has 150 valence electrons. The maximum Gasteiger partial charge on any atom is 0.335 e. The molecule has 0 atom stereocenters. The molecule has 1 saturated heterocycles. The van der Waals surface area contributed by atoms with Crippen LogP contribution in [0.25, 0.3) is 11.8 Å². The van der Waals surface area contributed by atoms with Crippen molar-refractivity contribution in [3.63, 3.8) is 0 Å². The second-order valence-corrected chi connectivity index (χ2v) is 6.87. The third kappa shape index (κ3) is 3.58. The zero-order valence-corrected chi connectivity index (χ0v) is 16.6. The second kappa shape index (κ2) is 7.88. The van der Waals surface area contributed by atoms with Gasteiger partial charge < -0.3 is 9.30 Å². The summed E-state index contributed by atoms with van der Waals surface area (Å²) in [4.78, 5) is 38.6. The number of hydrogen-bond donors (Lipinski definition) is 1. The zero-order chi connectivity index (χ0) is 21.3. The van der Waals surface area contributed by atoms with Gasteiger partial charge in [-0.3, -0.25) is 14.9 Å². The van der Waals surface area contributed by atoms with Crippen LogP contribution in [0.15, 0.2) is 72.4 Å². The number of carbonyl (C=O) groups is 3. The predicted octanol–water partition coefficient (Wildman–Crippen LogP) is 3.81. The molecule has 0 spiro atoms. The van der Waals surface area contributed by atoms with E-state index in [1.807, 2.05) is 35.0 Å². The highest BCUT2D eigenvalue weighted by molar-refractivity contribution is 6.39. The van der Waals surface area contributed by atoms with Gasteiger partial charge in [-0.05, 0) is 66.7 Å². The van der Waals surface area contributed by atoms with Gasteiger partial charge in [-0.25, -0.2) is 9.69 Å². The number of barbiturate groups is 1. The fourth-order valence-corrected chi connectivity index (χ4v) is 3.25. The molecule has 0 saturated carbocycles.